The molecular formula is C15H18FN3O3S2. The second kappa shape index (κ2) is 7.91. The van der Waals surface area contributed by atoms with Gasteiger partial charge in [0.15, 0.2) is 5.16 Å². The molecular weight excluding hydrogens is 353 g/mol. The molecule has 24 heavy (non-hydrogen) atoms. The van der Waals surface area contributed by atoms with E-state index in [4.69, 9.17) is 5.11 Å². The van der Waals surface area contributed by atoms with Gasteiger partial charge in [-0.05, 0) is 36.9 Å². The number of carbonyl (C=O) groups is 1. The number of aliphatic hydroxyl groups excluding tert-OH is 1. The van der Waals surface area contributed by atoms with E-state index in [1.807, 2.05) is 0 Å². The van der Waals surface area contributed by atoms with Crippen molar-refractivity contribution in [3.05, 3.63) is 42.0 Å². The van der Waals surface area contributed by atoms with Crippen molar-refractivity contribution in [2.45, 2.75) is 11.6 Å². The topological polar surface area (TPSA) is 84.6 Å². The molecule has 1 heterocycles. The summed E-state index contributed by atoms with van der Waals surface area (Å²) < 4.78 is 30.8. The van der Waals surface area contributed by atoms with Gasteiger partial charge < -0.3 is 5.11 Å². The average molecular weight is 371 g/mol. The standard InChI is InChI=1S/C15H18FN3O3S2/c1-23-15-17-10-13(14(21)18-24(2,22)9-3-8-20)19(15)12-6-4-11(16)5-7-12/h4-7,10,20H,3,8-9H2,1-2H3. The first-order valence-corrected chi connectivity index (χ1v) is 10.4. The van der Waals surface area contributed by atoms with Crippen LogP contribution < -0.4 is 0 Å². The maximum Gasteiger partial charge on any atom is 0.303 e. The number of rotatable bonds is 6. The molecule has 2 rings (SSSR count). The lowest BCUT2D eigenvalue weighted by atomic mass is 10.3. The molecule has 0 spiro atoms. The number of hydrogen-bond donors (Lipinski definition) is 1. The number of nitrogens with zero attached hydrogens (tertiary/aromatic N) is 3. The van der Waals surface area contributed by atoms with Crippen LogP contribution in [-0.2, 0) is 9.73 Å². The van der Waals surface area contributed by atoms with Crippen LogP contribution in [-0.4, -0.2) is 49.6 Å². The van der Waals surface area contributed by atoms with Crippen molar-refractivity contribution in [1.82, 2.24) is 9.55 Å². The summed E-state index contributed by atoms with van der Waals surface area (Å²) in [7, 11) is -2.74. The normalized spacial score (nSPS) is 13.5. The lowest BCUT2D eigenvalue weighted by Crippen LogP contribution is -2.12. The SMILES string of the molecule is CSc1ncc(C(=O)N=S(C)(=O)CCCO)n1-c1ccc(F)cc1. The van der Waals surface area contributed by atoms with Crippen molar-refractivity contribution in [2.24, 2.45) is 4.36 Å². The second-order valence-electron chi connectivity index (χ2n) is 5.08. The first-order valence-electron chi connectivity index (χ1n) is 7.10. The quantitative estimate of drug-likeness (QED) is 0.788. The first kappa shape index (κ1) is 18.6. The molecule has 0 saturated carbocycles. The van der Waals surface area contributed by atoms with Gasteiger partial charge >= 0.3 is 5.91 Å². The number of hydrogen-bond acceptors (Lipinski definition) is 5. The van der Waals surface area contributed by atoms with Crippen molar-refractivity contribution in [3.8, 4) is 5.69 Å². The Morgan fingerprint density at radius 1 is 1.42 bits per heavy atom. The molecule has 1 unspecified atom stereocenters. The number of aliphatic hydroxyl groups is 1. The summed E-state index contributed by atoms with van der Waals surface area (Å²) >= 11 is 1.32. The minimum Gasteiger partial charge on any atom is -0.396 e. The van der Waals surface area contributed by atoms with Gasteiger partial charge in [-0.1, -0.05) is 11.8 Å². The van der Waals surface area contributed by atoms with Crippen LogP contribution in [0, 0.1) is 5.82 Å². The third-order valence-electron chi connectivity index (χ3n) is 3.17. The van der Waals surface area contributed by atoms with Crippen molar-refractivity contribution in [2.75, 3.05) is 24.9 Å². The minimum atomic E-state index is -2.74. The number of halogens is 1. The fraction of sp³-hybridized carbons (Fsp3) is 0.333. The van der Waals surface area contributed by atoms with Crippen LogP contribution in [0.3, 0.4) is 0 Å². The van der Waals surface area contributed by atoms with Gasteiger partial charge in [0.25, 0.3) is 0 Å². The Labute approximate surface area is 144 Å². The highest BCUT2D eigenvalue weighted by molar-refractivity contribution is 7.98. The van der Waals surface area contributed by atoms with Gasteiger partial charge in [-0.2, -0.15) is 4.36 Å². The Kier molecular flexibility index (Phi) is 6.14. The van der Waals surface area contributed by atoms with E-state index in [9.17, 15) is 13.4 Å². The van der Waals surface area contributed by atoms with E-state index in [2.05, 4.69) is 9.35 Å². The van der Waals surface area contributed by atoms with E-state index in [0.29, 0.717) is 17.3 Å². The maximum absolute atomic E-state index is 13.1. The molecule has 1 atom stereocenters. The zero-order chi connectivity index (χ0) is 17.7. The number of carbonyl (C=O) groups excluding carboxylic acids is 1. The molecule has 2 aromatic rings. The van der Waals surface area contributed by atoms with Crippen molar-refractivity contribution in [3.63, 3.8) is 0 Å². The highest BCUT2D eigenvalue weighted by Gasteiger charge is 2.19. The van der Waals surface area contributed by atoms with Gasteiger partial charge in [-0.25, -0.2) is 13.6 Å². The second-order valence-corrected chi connectivity index (χ2v) is 8.36. The molecule has 1 amide bonds. The third kappa shape index (κ3) is 4.43. The molecule has 1 N–H and O–H groups in total. The predicted molar refractivity (Wildman–Crippen MR) is 92.7 cm³/mol. The van der Waals surface area contributed by atoms with Crippen LogP contribution in [0.2, 0.25) is 0 Å². The summed E-state index contributed by atoms with van der Waals surface area (Å²) in [5.74, 6) is -0.907. The molecule has 0 fully saturated rings. The summed E-state index contributed by atoms with van der Waals surface area (Å²) in [5, 5.41) is 9.37. The predicted octanol–water partition coefficient (Wildman–Crippen LogP) is 2.35. The summed E-state index contributed by atoms with van der Waals surface area (Å²) in [6, 6.07) is 5.63. The fourth-order valence-electron chi connectivity index (χ4n) is 2.07. The third-order valence-corrected chi connectivity index (χ3v) is 5.42. The summed E-state index contributed by atoms with van der Waals surface area (Å²) in [4.78, 5) is 16.6. The molecule has 0 aliphatic rings. The van der Waals surface area contributed by atoms with E-state index in [0.717, 1.165) is 0 Å². The van der Waals surface area contributed by atoms with E-state index in [1.165, 1.54) is 48.5 Å². The fourth-order valence-corrected chi connectivity index (χ4v) is 3.81. The van der Waals surface area contributed by atoms with Crippen LogP contribution in [0.5, 0.6) is 0 Å². The summed E-state index contributed by atoms with van der Waals surface area (Å²) in [6.45, 7) is -0.112. The molecule has 0 bridgehead atoms. The van der Waals surface area contributed by atoms with Crippen molar-refractivity contribution in [1.29, 1.82) is 0 Å². The lowest BCUT2D eigenvalue weighted by Gasteiger charge is -2.09. The van der Waals surface area contributed by atoms with E-state index in [-0.39, 0.29) is 23.9 Å². The van der Waals surface area contributed by atoms with Gasteiger partial charge in [0, 0.05) is 24.3 Å². The first-order chi connectivity index (χ1) is 11.4. The van der Waals surface area contributed by atoms with Crippen LogP contribution in [0.1, 0.15) is 16.9 Å². The number of amides is 1. The summed E-state index contributed by atoms with van der Waals surface area (Å²) in [5.41, 5.74) is 0.722. The van der Waals surface area contributed by atoms with E-state index >= 15 is 0 Å². The zero-order valence-electron chi connectivity index (χ0n) is 13.3. The number of thioether (sulfide) groups is 1. The van der Waals surface area contributed by atoms with E-state index in [1.54, 1.807) is 10.8 Å². The van der Waals surface area contributed by atoms with Crippen molar-refractivity contribution < 1.29 is 18.5 Å². The Morgan fingerprint density at radius 3 is 2.67 bits per heavy atom. The largest absolute Gasteiger partial charge is 0.396 e. The van der Waals surface area contributed by atoms with Crippen LogP contribution >= 0.6 is 11.8 Å². The van der Waals surface area contributed by atoms with Gasteiger partial charge in [-0.15, -0.1) is 0 Å². The highest BCUT2D eigenvalue weighted by Crippen LogP contribution is 2.22. The molecule has 0 aliphatic heterocycles. The van der Waals surface area contributed by atoms with Gasteiger partial charge in [-0.3, -0.25) is 9.36 Å². The summed E-state index contributed by atoms with van der Waals surface area (Å²) in [6.07, 6.45) is 4.86. The van der Waals surface area contributed by atoms with E-state index < -0.39 is 15.6 Å². The maximum atomic E-state index is 13.1. The van der Waals surface area contributed by atoms with Crippen LogP contribution in [0.25, 0.3) is 5.69 Å². The zero-order valence-corrected chi connectivity index (χ0v) is 14.9. The minimum absolute atomic E-state index is 0.112. The van der Waals surface area contributed by atoms with Crippen LogP contribution in [0.15, 0.2) is 40.0 Å². The molecule has 130 valence electrons. The molecule has 0 aliphatic carbocycles. The Hall–Kier alpha value is -1.71. The monoisotopic (exact) mass is 371 g/mol. The Morgan fingerprint density at radius 2 is 2.08 bits per heavy atom. The molecule has 0 radical (unpaired) electrons. The molecule has 1 aromatic carbocycles. The number of imidazole rings is 1. The smallest absolute Gasteiger partial charge is 0.303 e. The van der Waals surface area contributed by atoms with Gasteiger partial charge in [0.05, 0.1) is 15.9 Å². The van der Waals surface area contributed by atoms with Crippen molar-refractivity contribution >= 4 is 27.4 Å². The van der Waals surface area contributed by atoms with Gasteiger partial charge in [0.1, 0.15) is 11.5 Å². The molecule has 0 saturated heterocycles. The molecule has 6 nitrogen and oxygen atoms in total. The molecule has 9 heteroatoms. The highest BCUT2D eigenvalue weighted by atomic mass is 32.2. The lowest BCUT2D eigenvalue weighted by molar-refractivity contribution is 0.0998. The Bertz CT molecular complexity index is 840. The molecule has 1 aromatic heterocycles. The average Bonchev–Trinajstić information content (AvgIpc) is 2.97. The van der Waals surface area contributed by atoms with Gasteiger partial charge in [0.2, 0.25) is 0 Å². The van der Waals surface area contributed by atoms with Crippen LogP contribution in [0.4, 0.5) is 4.39 Å². The number of aromatic nitrogens is 2. The number of benzene rings is 1. The Balaban J connectivity index is 2.46.